The van der Waals surface area contributed by atoms with Crippen molar-refractivity contribution in [2.24, 2.45) is 0 Å². The van der Waals surface area contributed by atoms with Gasteiger partial charge in [0.25, 0.3) is 0 Å². The highest BCUT2D eigenvalue weighted by atomic mass is 32.2. The minimum atomic E-state index is -0.302. The summed E-state index contributed by atoms with van der Waals surface area (Å²) < 4.78 is 4.69. The molecule has 1 aliphatic heterocycles. The first-order valence-corrected chi connectivity index (χ1v) is 5.41. The summed E-state index contributed by atoms with van der Waals surface area (Å²) in [4.78, 5) is 12.5. The molecule has 0 aromatic heterocycles. The van der Waals surface area contributed by atoms with Gasteiger partial charge in [-0.25, -0.2) is 4.79 Å². The smallest absolute Gasteiger partial charge is 0.337 e. The van der Waals surface area contributed by atoms with Crippen LogP contribution in [0.1, 0.15) is 5.56 Å². The molecule has 1 aromatic rings. The number of esters is 1. The van der Waals surface area contributed by atoms with Gasteiger partial charge < -0.3 is 4.74 Å². The quantitative estimate of drug-likeness (QED) is 0.678. The van der Waals surface area contributed by atoms with Crippen LogP contribution in [0.5, 0.6) is 0 Å². The van der Waals surface area contributed by atoms with E-state index >= 15 is 0 Å². The largest absolute Gasteiger partial charge is 0.465 e. The normalized spacial score (nSPS) is 13.8. The minimum Gasteiger partial charge on any atom is -0.465 e. The van der Waals surface area contributed by atoms with Crippen LogP contribution in [0.3, 0.4) is 0 Å². The highest BCUT2D eigenvalue weighted by Gasteiger charge is 2.10. The number of carbonyl (C=O) groups is 1. The van der Waals surface area contributed by atoms with E-state index < -0.39 is 0 Å². The van der Waals surface area contributed by atoms with Crippen LogP contribution in [0.4, 0.5) is 0 Å². The lowest BCUT2D eigenvalue weighted by atomic mass is 10.1. The third-order valence-electron chi connectivity index (χ3n) is 2.09. The number of hydrogen-bond acceptors (Lipinski definition) is 3. The standard InChI is InChI=1S/C12H10O2S/c1-14-12(13)10-6-7-15-11-5-3-2-4-9(11)8-10/h2-8H,1H3. The molecule has 0 bridgehead atoms. The van der Waals surface area contributed by atoms with Crippen molar-refractivity contribution in [2.75, 3.05) is 7.11 Å². The molecule has 3 heteroatoms. The van der Waals surface area contributed by atoms with E-state index in [1.807, 2.05) is 35.7 Å². The van der Waals surface area contributed by atoms with E-state index in [1.54, 1.807) is 17.8 Å². The number of ether oxygens (including phenoxy) is 1. The fourth-order valence-electron chi connectivity index (χ4n) is 1.35. The molecule has 2 rings (SSSR count). The molecule has 0 unspecified atom stereocenters. The Kier molecular flexibility index (Phi) is 2.92. The van der Waals surface area contributed by atoms with Gasteiger partial charge in [-0.2, -0.15) is 0 Å². The van der Waals surface area contributed by atoms with Crippen molar-refractivity contribution >= 4 is 23.8 Å². The molecule has 0 amide bonds. The number of fused-ring (bicyclic) bond motifs is 1. The lowest BCUT2D eigenvalue weighted by molar-refractivity contribution is -0.135. The van der Waals surface area contributed by atoms with Crippen molar-refractivity contribution in [3.63, 3.8) is 0 Å². The zero-order chi connectivity index (χ0) is 10.7. The second-order valence-corrected chi connectivity index (χ2v) is 4.00. The van der Waals surface area contributed by atoms with Gasteiger partial charge >= 0.3 is 5.97 Å². The van der Waals surface area contributed by atoms with E-state index in [-0.39, 0.29) is 5.97 Å². The Hall–Kier alpha value is -1.48. The van der Waals surface area contributed by atoms with Crippen LogP contribution >= 0.6 is 11.8 Å². The minimum absolute atomic E-state index is 0.302. The first kappa shape index (κ1) is 10.1. The number of rotatable bonds is 1. The number of methoxy groups -OCH3 is 1. The van der Waals surface area contributed by atoms with Gasteiger partial charge in [0.1, 0.15) is 0 Å². The molecule has 1 aromatic carbocycles. The van der Waals surface area contributed by atoms with E-state index in [0.29, 0.717) is 5.57 Å². The second kappa shape index (κ2) is 4.36. The van der Waals surface area contributed by atoms with Gasteiger partial charge in [0.05, 0.1) is 12.7 Å². The third-order valence-corrected chi connectivity index (χ3v) is 2.99. The van der Waals surface area contributed by atoms with Crippen molar-refractivity contribution in [3.8, 4) is 0 Å². The predicted molar refractivity (Wildman–Crippen MR) is 61.4 cm³/mol. The van der Waals surface area contributed by atoms with Crippen LogP contribution in [0, 0.1) is 0 Å². The number of carbonyl (C=O) groups excluding carboxylic acids is 1. The van der Waals surface area contributed by atoms with E-state index in [2.05, 4.69) is 0 Å². The van der Waals surface area contributed by atoms with E-state index in [1.165, 1.54) is 7.11 Å². The first-order valence-electron chi connectivity index (χ1n) is 4.53. The van der Waals surface area contributed by atoms with Gasteiger partial charge in [-0.3, -0.25) is 0 Å². The zero-order valence-electron chi connectivity index (χ0n) is 8.27. The molecule has 0 aliphatic carbocycles. The molecular formula is C12H10O2S. The molecule has 1 heterocycles. The summed E-state index contributed by atoms with van der Waals surface area (Å²) in [6.45, 7) is 0. The molecule has 0 N–H and O–H groups in total. The SMILES string of the molecule is COC(=O)C1=Cc2ccccc2SC=C1. The average Bonchev–Trinajstić information content (AvgIpc) is 2.49. The van der Waals surface area contributed by atoms with Crippen LogP contribution in [0.25, 0.3) is 6.08 Å². The molecule has 0 saturated carbocycles. The van der Waals surface area contributed by atoms with E-state index in [0.717, 1.165) is 10.5 Å². The summed E-state index contributed by atoms with van der Waals surface area (Å²) in [7, 11) is 1.39. The summed E-state index contributed by atoms with van der Waals surface area (Å²) in [5.41, 5.74) is 1.63. The Bertz CT molecular complexity index is 447. The summed E-state index contributed by atoms with van der Waals surface area (Å²) >= 11 is 1.60. The third kappa shape index (κ3) is 2.13. The molecule has 76 valence electrons. The van der Waals surface area contributed by atoms with Crippen LogP contribution in [-0.2, 0) is 9.53 Å². The molecule has 0 spiro atoms. The summed E-state index contributed by atoms with van der Waals surface area (Å²) in [5.74, 6) is -0.302. The van der Waals surface area contributed by atoms with Crippen molar-refractivity contribution < 1.29 is 9.53 Å². The molecular weight excluding hydrogens is 208 g/mol. The molecule has 0 fully saturated rings. The zero-order valence-corrected chi connectivity index (χ0v) is 9.08. The van der Waals surface area contributed by atoms with Crippen molar-refractivity contribution in [3.05, 3.63) is 46.9 Å². The Morgan fingerprint density at radius 3 is 2.93 bits per heavy atom. The van der Waals surface area contributed by atoms with Gasteiger partial charge in [0.2, 0.25) is 0 Å². The van der Waals surface area contributed by atoms with Gasteiger partial charge in [-0.1, -0.05) is 30.0 Å². The monoisotopic (exact) mass is 218 g/mol. The molecule has 0 radical (unpaired) electrons. The van der Waals surface area contributed by atoms with Crippen LogP contribution in [-0.4, -0.2) is 13.1 Å². The highest BCUT2D eigenvalue weighted by Crippen LogP contribution is 2.29. The molecule has 0 saturated heterocycles. The van der Waals surface area contributed by atoms with E-state index in [4.69, 9.17) is 4.74 Å². The fraction of sp³-hybridized carbons (Fsp3) is 0.0833. The van der Waals surface area contributed by atoms with Crippen LogP contribution < -0.4 is 0 Å². The molecule has 2 nitrogen and oxygen atoms in total. The topological polar surface area (TPSA) is 26.3 Å². The summed E-state index contributed by atoms with van der Waals surface area (Å²) in [6.07, 6.45) is 3.62. The van der Waals surface area contributed by atoms with Crippen molar-refractivity contribution in [2.45, 2.75) is 4.90 Å². The van der Waals surface area contributed by atoms with Gasteiger partial charge in [0, 0.05) is 4.90 Å². The maximum atomic E-state index is 11.4. The average molecular weight is 218 g/mol. The number of benzene rings is 1. The Labute approximate surface area is 92.6 Å². The number of thioether (sulfide) groups is 1. The maximum absolute atomic E-state index is 11.4. The summed E-state index contributed by atoms with van der Waals surface area (Å²) in [6, 6.07) is 7.95. The van der Waals surface area contributed by atoms with E-state index in [9.17, 15) is 4.79 Å². The lowest BCUT2D eigenvalue weighted by Gasteiger charge is -2.00. The van der Waals surface area contributed by atoms with Gasteiger partial charge in [-0.15, -0.1) is 0 Å². The van der Waals surface area contributed by atoms with Crippen molar-refractivity contribution in [1.29, 1.82) is 0 Å². The molecule has 1 aliphatic rings. The summed E-state index contributed by atoms with van der Waals surface area (Å²) in [5, 5.41) is 1.90. The highest BCUT2D eigenvalue weighted by molar-refractivity contribution is 8.02. The Morgan fingerprint density at radius 1 is 1.33 bits per heavy atom. The molecule has 0 atom stereocenters. The van der Waals surface area contributed by atoms with Crippen LogP contribution in [0.15, 0.2) is 46.2 Å². The predicted octanol–water partition coefficient (Wildman–Crippen LogP) is 2.86. The number of hydrogen-bond donors (Lipinski definition) is 0. The van der Waals surface area contributed by atoms with Crippen LogP contribution in [0.2, 0.25) is 0 Å². The Morgan fingerprint density at radius 2 is 2.13 bits per heavy atom. The second-order valence-electron chi connectivity index (χ2n) is 3.05. The lowest BCUT2D eigenvalue weighted by Crippen LogP contribution is -2.01. The van der Waals surface area contributed by atoms with Gasteiger partial charge in [-0.05, 0) is 29.2 Å². The first-order chi connectivity index (χ1) is 7.31. The molecule has 15 heavy (non-hydrogen) atoms. The van der Waals surface area contributed by atoms with Crippen molar-refractivity contribution in [1.82, 2.24) is 0 Å². The Balaban J connectivity index is 2.44. The maximum Gasteiger partial charge on any atom is 0.337 e. The fourth-order valence-corrected chi connectivity index (χ4v) is 2.13. The van der Waals surface area contributed by atoms with Gasteiger partial charge in [0.15, 0.2) is 0 Å².